The van der Waals surface area contributed by atoms with E-state index in [1.54, 1.807) is 12.1 Å². The van der Waals surface area contributed by atoms with Crippen molar-refractivity contribution in [3.05, 3.63) is 41.7 Å². The summed E-state index contributed by atoms with van der Waals surface area (Å²) in [6.45, 7) is 3.70. The van der Waals surface area contributed by atoms with Crippen molar-refractivity contribution in [2.24, 2.45) is 5.41 Å². The number of hydrogen-bond acceptors (Lipinski definition) is 1. The predicted molar refractivity (Wildman–Crippen MR) is 61.5 cm³/mol. The van der Waals surface area contributed by atoms with Gasteiger partial charge in [0.25, 0.3) is 0 Å². The average molecular weight is 222 g/mol. The Morgan fingerprint density at radius 1 is 1.38 bits per heavy atom. The first-order chi connectivity index (χ1) is 7.39. The smallest absolute Gasteiger partial charge is 0.304 e. The van der Waals surface area contributed by atoms with Crippen molar-refractivity contribution in [2.45, 2.75) is 20.3 Å². The van der Waals surface area contributed by atoms with Gasteiger partial charge >= 0.3 is 5.97 Å². The van der Waals surface area contributed by atoms with Crippen molar-refractivity contribution in [3.63, 3.8) is 0 Å². The zero-order valence-electron chi connectivity index (χ0n) is 9.40. The minimum Gasteiger partial charge on any atom is -0.481 e. The predicted octanol–water partition coefficient (Wildman–Crippen LogP) is 3.34. The number of halogens is 1. The van der Waals surface area contributed by atoms with Gasteiger partial charge in [-0.05, 0) is 23.1 Å². The first-order valence-electron chi connectivity index (χ1n) is 5.06. The van der Waals surface area contributed by atoms with Crippen molar-refractivity contribution in [1.82, 2.24) is 0 Å². The third-order valence-corrected chi connectivity index (χ3v) is 2.20. The molecule has 0 atom stereocenters. The van der Waals surface area contributed by atoms with Crippen LogP contribution in [0.15, 0.2) is 30.3 Å². The quantitative estimate of drug-likeness (QED) is 0.848. The van der Waals surface area contributed by atoms with E-state index in [4.69, 9.17) is 5.11 Å². The molecule has 0 bridgehead atoms. The molecule has 0 unspecified atom stereocenters. The van der Waals surface area contributed by atoms with E-state index in [1.165, 1.54) is 12.1 Å². The molecule has 0 spiro atoms. The van der Waals surface area contributed by atoms with Crippen molar-refractivity contribution < 1.29 is 14.3 Å². The van der Waals surface area contributed by atoms with Gasteiger partial charge in [-0.3, -0.25) is 4.79 Å². The number of benzene rings is 1. The molecule has 3 heteroatoms. The fourth-order valence-electron chi connectivity index (χ4n) is 1.34. The maximum Gasteiger partial charge on any atom is 0.304 e. The second-order valence-corrected chi connectivity index (χ2v) is 4.44. The van der Waals surface area contributed by atoms with Crippen LogP contribution in [0.3, 0.4) is 0 Å². The van der Waals surface area contributed by atoms with Gasteiger partial charge in [-0.15, -0.1) is 0 Å². The van der Waals surface area contributed by atoms with E-state index < -0.39 is 11.4 Å². The second kappa shape index (κ2) is 4.92. The lowest BCUT2D eigenvalue weighted by molar-refractivity contribution is -0.138. The Morgan fingerprint density at radius 2 is 1.94 bits per heavy atom. The van der Waals surface area contributed by atoms with Gasteiger partial charge in [0.05, 0.1) is 6.42 Å². The third kappa shape index (κ3) is 4.26. The SMILES string of the molecule is CC(C)(/C=C/c1ccc(F)cc1)CC(=O)O. The van der Waals surface area contributed by atoms with Crippen molar-refractivity contribution in [2.75, 3.05) is 0 Å². The largest absolute Gasteiger partial charge is 0.481 e. The van der Waals surface area contributed by atoms with Crippen LogP contribution >= 0.6 is 0 Å². The molecule has 0 amide bonds. The molecule has 2 nitrogen and oxygen atoms in total. The van der Waals surface area contributed by atoms with Crippen molar-refractivity contribution in [3.8, 4) is 0 Å². The monoisotopic (exact) mass is 222 g/mol. The highest BCUT2D eigenvalue weighted by Gasteiger charge is 2.17. The summed E-state index contributed by atoms with van der Waals surface area (Å²) in [5, 5.41) is 8.70. The summed E-state index contributed by atoms with van der Waals surface area (Å²) < 4.78 is 12.6. The molecule has 0 saturated carbocycles. The normalized spacial score (nSPS) is 11.9. The molecule has 86 valence electrons. The summed E-state index contributed by atoms with van der Waals surface area (Å²) >= 11 is 0. The molecule has 1 N–H and O–H groups in total. The van der Waals surface area contributed by atoms with Crippen LogP contribution in [0.2, 0.25) is 0 Å². The lowest BCUT2D eigenvalue weighted by Gasteiger charge is -2.16. The van der Waals surface area contributed by atoms with Crippen molar-refractivity contribution in [1.29, 1.82) is 0 Å². The minimum absolute atomic E-state index is 0.0741. The molecule has 0 saturated heterocycles. The molecule has 1 rings (SSSR count). The van der Waals surface area contributed by atoms with E-state index in [9.17, 15) is 9.18 Å². The topological polar surface area (TPSA) is 37.3 Å². The summed E-state index contributed by atoms with van der Waals surface area (Å²) in [6.07, 6.45) is 3.71. The zero-order valence-corrected chi connectivity index (χ0v) is 9.40. The standard InChI is InChI=1S/C13H15FO2/c1-13(2,9-12(15)16)8-7-10-3-5-11(14)6-4-10/h3-8H,9H2,1-2H3,(H,15,16)/b8-7+. The number of aliphatic carboxylic acids is 1. The molecule has 16 heavy (non-hydrogen) atoms. The summed E-state index contributed by atoms with van der Waals surface area (Å²) in [5.74, 6) is -1.10. The van der Waals surface area contributed by atoms with Gasteiger partial charge in [0, 0.05) is 0 Å². The van der Waals surface area contributed by atoms with E-state index >= 15 is 0 Å². The Balaban J connectivity index is 2.72. The molecular formula is C13H15FO2. The number of carbonyl (C=O) groups is 1. The van der Waals surface area contributed by atoms with Gasteiger partial charge in [0.1, 0.15) is 5.82 Å². The molecule has 0 aromatic heterocycles. The Hall–Kier alpha value is -1.64. The van der Waals surface area contributed by atoms with Gasteiger partial charge < -0.3 is 5.11 Å². The maximum absolute atomic E-state index is 12.6. The van der Waals surface area contributed by atoms with Gasteiger partial charge in [-0.2, -0.15) is 0 Å². The number of hydrogen-bond donors (Lipinski definition) is 1. The van der Waals surface area contributed by atoms with Crippen LogP contribution in [0.4, 0.5) is 4.39 Å². The molecule has 1 aromatic carbocycles. The van der Waals surface area contributed by atoms with E-state index in [0.29, 0.717) is 0 Å². The molecule has 0 aliphatic rings. The Bertz CT molecular complexity index is 391. The number of rotatable bonds is 4. The van der Waals surface area contributed by atoms with E-state index in [1.807, 2.05) is 26.0 Å². The van der Waals surface area contributed by atoms with Gasteiger partial charge in [-0.25, -0.2) is 4.39 Å². The van der Waals surface area contributed by atoms with Gasteiger partial charge in [-0.1, -0.05) is 38.1 Å². The first kappa shape index (κ1) is 12.4. The molecule has 0 fully saturated rings. The maximum atomic E-state index is 12.6. The average Bonchev–Trinajstić information content (AvgIpc) is 2.15. The van der Waals surface area contributed by atoms with Gasteiger partial charge in [0.2, 0.25) is 0 Å². The highest BCUT2D eigenvalue weighted by atomic mass is 19.1. The Labute approximate surface area is 94.4 Å². The van der Waals surface area contributed by atoms with Crippen LogP contribution in [0.1, 0.15) is 25.8 Å². The number of allylic oxidation sites excluding steroid dienone is 1. The summed E-state index contributed by atoms with van der Waals surface area (Å²) in [6, 6.07) is 6.07. The van der Waals surface area contributed by atoms with Crippen molar-refractivity contribution >= 4 is 12.0 Å². The minimum atomic E-state index is -0.825. The molecule has 0 radical (unpaired) electrons. The number of carboxylic acids is 1. The van der Waals surface area contributed by atoms with E-state index in [0.717, 1.165) is 5.56 Å². The fraction of sp³-hybridized carbons (Fsp3) is 0.308. The Kier molecular flexibility index (Phi) is 3.82. The van der Waals surface area contributed by atoms with Crippen LogP contribution in [0.5, 0.6) is 0 Å². The second-order valence-electron chi connectivity index (χ2n) is 4.44. The molecule has 1 aromatic rings. The molecule has 0 aliphatic carbocycles. The molecule has 0 heterocycles. The van der Waals surface area contributed by atoms with Crippen LogP contribution in [0.25, 0.3) is 6.08 Å². The molecular weight excluding hydrogens is 207 g/mol. The summed E-state index contributed by atoms with van der Waals surface area (Å²) in [5.41, 5.74) is 0.458. The highest BCUT2D eigenvalue weighted by molar-refractivity contribution is 5.68. The van der Waals surface area contributed by atoms with Gasteiger partial charge in [0.15, 0.2) is 0 Å². The first-order valence-corrected chi connectivity index (χ1v) is 5.06. The van der Waals surface area contributed by atoms with E-state index in [2.05, 4.69) is 0 Å². The summed E-state index contributed by atoms with van der Waals surface area (Å²) in [4.78, 5) is 10.6. The van der Waals surface area contributed by atoms with E-state index in [-0.39, 0.29) is 12.2 Å². The molecule has 0 aliphatic heterocycles. The van der Waals surface area contributed by atoms with Crippen LogP contribution < -0.4 is 0 Å². The number of carboxylic acid groups (broad SMARTS) is 1. The van der Waals surface area contributed by atoms with Crippen LogP contribution in [0, 0.1) is 11.2 Å². The third-order valence-electron chi connectivity index (χ3n) is 2.20. The lowest BCUT2D eigenvalue weighted by Crippen LogP contribution is -2.13. The lowest BCUT2D eigenvalue weighted by atomic mass is 9.88. The fourth-order valence-corrected chi connectivity index (χ4v) is 1.34. The van der Waals surface area contributed by atoms with Crippen LogP contribution in [-0.2, 0) is 4.79 Å². The summed E-state index contributed by atoms with van der Waals surface area (Å²) in [7, 11) is 0. The highest BCUT2D eigenvalue weighted by Crippen LogP contribution is 2.23. The van der Waals surface area contributed by atoms with Crippen LogP contribution in [-0.4, -0.2) is 11.1 Å². The zero-order chi connectivity index (χ0) is 12.2. The Morgan fingerprint density at radius 3 is 2.44 bits per heavy atom.